The normalized spacial score (nSPS) is 13.9. The number of aliphatic hydroxyl groups is 2. The van der Waals surface area contributed by atoms with Gasteiger partial charge in [0, 0.05) is 12.6 Å². The molecule has 0 bridgehead atoms. The van der Waals surface area contributed by atoms with E-state index < -0.39 is 6.10 Å². The fourth-order valence-electron chi connectivity index (χ4n) is 2.21. The molecule has 21 heavy (non-hydrogen) atoms. The molecule has 0 heterocycles. The highest BCUT2D eigenvalue weighted by Gasteiger charge is 2.12. The van der Waals surface area contributed by atoms with Crippen molar-refractivity contribution < 1.29 is 14.6 Å². The van der Waals surface area contributed by atoms with Gasteiger partial charge in [0.2, 0.25) is 0 Å². The average Bonchev–Trinajstić information content (AvgIpc) is 2.52. The Hall–Kier alpha value is -1.75. The number of rotatable bonds is 7. The van der Waals surface area contributed by atoms with Gasteiger partial charge in [-0.25, -0.2) is 4.39 Å². The maximum Gasteiger partial charge on any atom is 0.123 e. The zero-order valence-corrected chi connectivity index (χ0v) is 11.7. The van der Waals surface area contributed by atoms with E-state index in [0.29, 0.717) is 12.0 Å². The Morgan fingerprint density at radius 3 is 2.48 bits per heavy atom. The van der Waals surface area contributed by atoms with E-state index >= 15 is 0 Å². The molecular weight excluding hydrogens is 269 g/mol. The third-order valence-corrected chi connectivity index (χ3v) is 3.38. The van der Waals surface area contributed by atoms with Crippen LogP contribution in [-0.4, -0.2) is 29.4 Å². The summed E-state index contributed by atoms with van der Waals surface area (Å²) >= 11 is 0. The summed E-state index contributed by atoms with van der Waals surface area (Å²) < 4.78 is 13.1. The van der Waals surface area contributed by atoms with Crippen LogP contribution in [0.5, 0.6) is 0 Å². The molecule has 2 aromatic rings. The summed E-state index contributed by atoms with van der Waals surface area (Å²) in [5.41, 5.74) is 1.64. The van der Waals surface area contributed by atoms with Gasteiger partial charge in [0.25, 0.3) is 0 Å². The van der Waals surface area contributed by atoms with Gasteiger partial charge in [-0.3, -0.25) is 0 Å². The highest BCUT2D eigenvalue weighted by molar-refractivity contribution is 5.19. The molecule has 0 saturated heterocycles. The molecule has 2 atom stereocenters. The first-order valence-electron chi connectivity index (χ1n) is 7.00. The molecule has 0 fully saturated rings. The number of halogens is 1. The highest BCUT2D eigenvalue weighted by atomic mass is 19.1. The van der Waals surface area contributed by atoms with E-state index in [0.717, 1.165) is 5.56 Å². The second-order valence-corrected chi connectivity index (χ2v) is 5.05. The maximum atomic E-state index is 13.1. The Labute approximate surface area is 124 Å². The first kappa shape index (κ1) is 15.6. The predicted molar refractivity (Wildman–Crippen MR) is 80.4 cm³/mol. The van der Waals surface area contributed by atoms with Crippen molar-refractivity contribution >= 4 is 0 Å². The van der Waals surface area contributed by atoms with Crippen LogP contribution >= 0.6 is 0 Å². The molecule has 4 heteroatoms. The molecule has 0 aliphatic heterocycles. The Kier molecular flexibility index (Phi) is 5.87. The van der Waals surface area contributed by atoms with E-state index in [1.807, 2.05) is 30.3 Å². The number of hydrogen-bond acceptors (Lipinski definition) is 3. The molecule has 2 unspecified atom stereocenters. The lowest BCUT2D eigenvalue weighted by Gasteiger charge is -2.19. The fraction of sp³-hybridized carbons (Fsp3) is 0.294. The maximum absolute atomic E-state index is 13.1. The van der Waals surface area contributed by atoms with E-state index in [2.05, 4.69) is 5.32 Å². The van der Waals surface area contributed by atoms with Gasteiger partial charge in [0.15, 0.2) is 0 Å². The first-order valence-corrected chi connectivity index (χ1v) is 7.00. The van der Waals surface area contributed by atoms with Gasteiger partial charge >= 0.3 is 0 Å². The Bertz CT molecular complexity index is 547. The molecule has 2 rings (SSSR count). The number of nitrogens with one attached hydrogen (secondary N) is 1. The molecular formula is C17H20FNO2. The van der Waals surface area contributed by atoms with Crippen LogP contribution in [0.3, 0.4) is 0 Å². The molecule has 0 aromatic heterocycles. The SMILES string of the molecule is OCC(Cc1ccccc1)NCC(O)c1cccc(F)c1. The van der Waals surface area contributed by atoms with Gasteiger partial charge in [-0.2, -0.15) is 0 Å². The van der Waals surface area contributed by atoms with Gasteiger partial charge < -0.3 is 15.5 Å². The Morgan fingerprint density at radius 1 is 1.05 bits per heavy atom. The molecule has 2 aromatic carbocycles. The molecule has 0 aliphatic rings. The van der Waals surface area contributed by atoms with Crippen molar-refractivity contribution in [1.82, 2.24) is 5.32 Å². The van der Waals surface area contributed by atoms with E-state index in [9.17, 15) is 14.6 Å². The summed E-state index contributed by atoms with van der Waals surface area (Å²) in [4.78, 5) is 0. The topological polar surface area (TPSA) is 52.5 Å². The Morgan fingerprint density at radius 2 is 1.81 bits per heavy atom. The van der Waals surface area contributed by atoms with Crippen LogP contribution in [0.1, 0.15) is 17.2 Å². The van der Waals surface area contributed by atoms with Gasteiger partial charge in [0.1, 0.15) is 5.82 Å². The van der Waals surface area contributed by atoms with Crippen LogP contribution in [0, 0.1) is 5.82 Å². The van der Waals surface area contributed by atoms with Gasteiger partial charge in [-0.05, 0) is 29.7 Å². The Balaban J connectivity index is 1.88. The van der Waals surface area contributed by atoms with Crippen molar-refractivity contribution in [3.8, 4) is 0 Å². The quantitative estimate of drug-likeness (QED) is 0.731. The molecule has 112 valence electrons. The highest BCUT2D eigenvalue weighted by Crippen LogP contribution is 2.13. The second kappa shape index (κ2) is 7.88. The smallest absolute Gasteiger partial charge is 0.123 e. The molecule has 0 saturated carbocycles. The van der Waals surface area contributed by atoms with Crippen LogP contribution in [-0.2, 0) is 6.42 Å². The molecule has 0 aliphatic carbocycles. The summed E-state index contributed by atoms with van der Waals surface area (Å²) in [7, 11) is 0. The zero-order chi connectivity index (χ0) is 15.1. The van der Waals surface area contributed by atoms with Crippen molar-refractivity contribution in [2.24, 2.45) is 0 Å². The van der Waals surface area contributed by atoms with E-state index in [1.54, 1.807) is 12.1 Å². The summed E-state index contributed by atoms with van der Waals surface area (Å²) in [6.07, 6.45) is -0.127. The average molecular weight is 289 g/mol. The largest absolute Gasteiger partial charge is 0.395 e. The lowest BCUT2D eigenvalue weighted by molar-refractivity contribution is 0.158. The lowest BCUT2D eigenvalue weighted by atomic mass is 10.1. The molecule has 0 radical (unpaired) electrons. The number of benzene rings is 2. The van der Waals surface area contributed by atoms with E-state index in [4.69, 9.17) is 0 Å². The fourth-order valence-corrected chi connectivity index (χ4v) is 2.21. The van der Waals surface area contributed by atoms with E-state index in [1.165, 1.54) is 12.1 Å². The van der Waals surface area contributed by atoms with Crippen LogP contribution < -0.4 is 5.32 Å². The van der Waals surface area contributed by atoms with Crippen molar-refractivity contribution in [1.29, 1.82) is 0 Å². The minimum absolute atomic E-state index is 0.0231. The zero-order valence-electron chi connectivity index (χ0n) is 11.7. The number of hydrogen-bond donors (Lipinski definition) is 3. The molecule has 3 nitrogen and oxygen atoms in total. The molecule has 0 spiro atoms. The van der Waals surface area contributed by atoms with Crippen LogP contribution in [0.25, 0.3) is 0 Å². The lowest BCUT2D eigenvalue weighted by Crippen LogP contribution is -2.37. The standard InChI is InChI=1S/C17H20FNO2/c18-15-8-4-7-14(10-15)17(21)11-19-16(12-20)9-13-5-2-1-3-6-13/h1-8,10,16-17,19-21H,9,11-12H2. The molecule has 0 amide bonds. The third-order valence-electron chi connectivity index (χ3n) is 3.38. The van der Waals surface area contributed by atoms with Gasteiger partial charge in [-0.15, -0.1) is 0 Å². The minimum Gasteiger partial charge on any atom is -0.395 e. The van der Waals surface area contributed by atoms with Crippen molar-refractivity contribution in [3.05, 3.63) is 71.5 Å². The van der Waals surface area contributed by atoms with E-state index in [-0.39, 0.29) is 25.0 Å². The van der Waals surface area contributed by atoms with Crippen molar-refractivity contribution in [3.63, 3.8) is 0 Å². The summed E-state index contributed by atoms with van der Waals surface area (Å²) in [5.74, 6) is -0.366. The van der Waals surface area contributed by atoms with Crippen LogP contribution in [0.15, 0.2) is 54.6 Å². The summed E-state index contributed by atoms with van der Waals surface area (Å²) in [5, 5.41) is 22.6. The summed E-state index contributed by atoms with van der Waals surface area (Å²) in [6, 6.07) is 15.6. The predicted octanol–water partition coefficient (Wildman–Crippen LogP) is 2.05. The third kappa shape index (κ3) is 4.93. The monoisotopic (exact) mass is 289 g/mol. The first-order chi connectivity index (χ1) is 10.2. The second-order valence-electron chi connectivity index (χ2n) is 5.05. The van der Waals surface area contributed by atoms with Crippen molar-refractivity contribution in [2.45, 2.75) is 18.6 Å². The summed E-state index contributed by atoms with van der Waals surface area (Å²) in [6.45, 7) is 0.242. The van der Waals surface area contributed by atoms with Crippen LogP contribution in [0.2, 0.25) is 0 Å². The van der Waals surface area contributed by atoms with Crippen LogP contribution in [0.4, 0.5) is 4.39 Å². The van der Waals surface area contributed by atoms with Gasteiger partial charge in [0.05, 0.1) is 12.7 Å². The molecule has 3 N–H and O–H groups in total. The number of aliphatic hydroxyl groups excluding tert-OH is 2. The van der Waals surface area contributed by atoms with Gasteiger partial charge in [-0.1, -0.05) is 42.5 Å². The minimum atomic E-state index is -0.800. The van der Waals surface area contributed by atoms with Crippen molar-refractivity contribution in [2.75, 3.05) is 13.2 Å².